The Labute approximate surface area is 356 Å². The Bertz CT molecular complexity index is 1430. The number of nitrogens with one attached hydrogen (secondary N) is 6. The summed E-state index contributed by atoms with van der Waals surface area (Å²) in [5, 5.41) is 15.5. The van der Waals surface area contributed by atoms with E-state index >= 15 is 0 Å². The van der Waals surface area contributed by atoms with Crippen LogP contribution in [0.5, 0.6) is 0 Å². The van der Waals surface area contributed by atoms with E-state index in [9.17, 15) is 38.4 Å². The summed E-state index contributed by atoms with van der Waals surface area (Å²) >= 11 is 0. The topological polar surface area (TPSA) is 246 Å². The second kappa shape index (κ2) is 25.5. The average Bonchev–Trinajstić information content (AvgIpc) is 3.12. The zero-order chi connectivity index (χ0) is 46.7. The fourth-order valence-corrected chi connectivity index (χ4v) is 5.07. The quantitative estimate of drug-likeness (QED) is 0.0588. The van der Waals surface area contributed by atoms with Crippen LogP contribution in [0.4, 0.5) is 9.59 Å². The third-order valence-electron chi connectivity index (χ3n) is 8.97. The van der Waals surface area contributed by atoms with Crippen molar-refractivity contribution in [2.24, 2.45) is 23.7 Å². The van der Waals surface area contributed by atoms with Crippen LogP contribution in [0.25, 0.3) is 0 Å². The van der Waals surface area contributed by atoms with Gasteiger partial charge in [-0.1, -0.05) is 80.1 Å². The summed E-state index contributed by atoms with van der Waals surface area (Å²) in [6, 6.07) is -6.30. The fraction of sp³-hybridized carbons (Fsp3) is 0.762. The van der Waals surface area contributed by atoms with Gasteiger partial charge in [-0.05, 0) is 79.1 Å². The molecule has 0 aromatic rings. The number of amides is 6. The molecule has 0 saturated heterocycles. The number of hydrogen-bond donors (Lipinski definition) is 6. The number of carbonyl (C=O) groups excluding carboxylic acids is 8. The Hall–Kier alpha value is -5.08. The molecular weight excluding hydrogens is 780 g/mol. The van der Waals surface area contributed by atoms with Crippen molar-refractivity contribution in [2.45, 2.75) is 171 Å². The molecule has 6 N–H and O–H groups in total. The molecule has 18 heteroatoms. The van der Waals surface area contributed by atoms with E-state index < -0.39 is 95.2 Å². The molecule has 0 radical (unpaired) electrons. The van der Waals surface area contributed by atoms with Gasteiger partial charge in [0, 0.05) is 0 Å². The first-order chi connectivity index (χ1) is 27.5. The van der Waals surface area contributed by atoms with Gasteiger partial charge in [-0.2, -0.15) is 0 Å². The molecule has 0 spiro atoms. The predicted octanol–water partition coefficient (Wildman–Crippen LogP) is 3.25. The number of rotatable bonds is 20. The first-order valence-electron chi connectivity index (χ1n) is 20.5. The standard InChI is InChI=1S/C42H72N6O12/c1-17-25(7)31(45-33(49)27(9)43-35(51)29(23(3)4)47-39(55)59-41(11,12)13)37(53)57-21-19-20-22-58-38(54)32(26(8)18-2)46-34(50)28(10)44-36(52)30(24(5)6)48-40(56)60-42(14,15)16/h23-32H,17-18,21-22H2,1-16H3,(H,43,51)(H,44,52)(H,45,49)(H,46,50)(H,47,55)(H,48,56)/t25-,26-,27-,28-,29-,30-,31-,32-/m0/s1. The van der Waals surface area contributed by atoms with Crippen molar-refractivity contribution in [1.82, 2.24) is 31.9 Å². The van der Waals surface area contributed by atoms with E-state index in [2.05, 4.69) is 43.7 Å². The van der Waals surface area contributed by atoms with Gasteiger partial charge in [0.05, 0.1) is 0 Å². The molecule has 0 aromatic carbocycles. The van der Waals surface area contributed by atoms with Gasteiger partial charge in [0.1, 0.15) is 47.5 Å². The molecule has 0 fully saturated rings. The third-order valence-corrected chi connectivity index (χ3v) is 8.97. The molecule has 18 nitrogen and oxygen atoms in total. The molecule has 0 aliphatic heterocycles. The minimum absolute atomic E-state index is 0.335. The summed E-state index contributed by atoms with van der Waals surface area (Å²) in [4.78, 5) is 103. The second-order valence-corrected chi connectivity index (χ2v) is 17.5. The van der Waals surface area contributed by atoms with Gasteiger partial charge < -0.3 is 50.8 Å². The Morgan fingerprint density at radius 1 is 0.450 bits per heavy atom. The number of hydrogen-bond acceptors (Lipinski definition) is 12. The lowest BCUT2D eigenvalue weighted by Crippen LogP contribution is -2.57. The van der Waals surface area contributed by atoms with Gasteiger partial charge in [0.15, 0.2) is 13.2 Å². The molecule has 0 aliphatic carbocycles. The summed E-state index contributed by atoms with van der Waals surface area (Å²) < 4.78 is 21.1. The van der Waals surface area contributed by atoms with Gasteiger partial charge >= 0.3 is 24.1 Å². The summed E-state index contributed by atoms with van der Waals surface area (Å²) in [7, 11) is 0. The van der Waals surface area contributed by atoms with Crippen molar-refractivity contribution in [3.8, 4) is 11.8 Å². The number of esters is 2. The molecule has 0 rings (SSSR count). The van der Waals surface area contributed by atoms with Crippen LogP contribution < -0.4 is 31.9 Å². The molecule has 0 aromatic heterocycles. The maximum absolute atomic E-state index is 13.1. The first kappa shape index (κ1) is 54.9. The van der Waals surface area contributed by atoms with Crippen LogP contribution in [0.2, 0.25) is 0 Å². The van der Waals surface area contributed by atoms with E-state index in [4.69, 9.17) is 18.9 Å². The zero-order valence-corrected chi connectivity index (χ0v) is 38.5. The zero-order valence-electron chi connectivity index (χ0n) is 38.5. The second-order valence-electron chi connectivity index (χ2n) is 17.5. The van der Waals surface area contributed by atoms with Crippen LogP contribution in [0, 0.1) is 35.5 Å². The smallest absolute Gasteiger partial charge is 0.408 e. The number of carbonyl (C=O) groups is 8. The molecule has 6 amide bonds. The van der Waals surface area contributed by atoms with E-state index in [0.29, 0.717) is 12.8 Å². The highest BCUT2D eigenvalue weighted by Crippen LogP contribution is 2.13. The van der Waals surface area contributed by atoms with Crippen LogP contribution in [-0.4, -0.2) is 108 Å². The van der Waals surface area contributed by atoms with Gasteiger partial charge in [-0.25, -0.2) is 19.2 Å². The highest BCUT2D eigenvalue weighted by molar-refractivity contribution is 5.94. The summed E-state index contributed by atoms with van der Waals surface area (Å²) in [5.41, 5.74) is -1.56. The summed E-state index contributed by atoms with van der Waals surface area (Å²) in [6.07, 6.45) is -0.562. The van der Waals surface area contributed by atoms with E-state index in [0.717, 1.165) is 0 Å². The van der Waals surface area contributed by atoms with E-state index in [1.54, 1.807) is 83.1 Å². The Morgan fingerprint density at radius 3 is 1.00 bits per heavy atom. The van der Waals surface area contributed by atoms with Crippen LogP contribution >= 0.6 is 0 Å². The normalized spacial score (nSPS) is 15.4. The van der Waals surface area contributed by atoms with Crippen molar-refractivity contribution in [2.75, 3.05) is 13.2 Å². The van der Waals surface area contributed by atoms with Gasteiger partial charge in [-0.3, -0.25) is 19.2 Å². The minimum Gasteiger partial charge on any atom is -0.451 e. The molecule has 0 unspecified atom stereocenters. The van der Waals surface area contributed by atoms with Crippen molar-refractivity contribution >= 4 is 47.8 Å². The van der Waals surface area contributed by atoms with Crippen LogP contribution in [0.3, 0.4) is 0 Å². The fourth-order valence-electron chi connectivity index (χ4n) is 5.07. The minimum atomic E-state index is -1.08. The third kappa shape index (κ3) is 21.3. The largest absolute Gasteiger partial charge is 0.451 e. The summed E-state index contributed by atoms with van der Waals surface area (Å²) in [5.74, 6) is -0.276. The van der Waals surface area contributed by atoms with Crippen molar-refractivity contribution in [3.63, 3.8) is 0 Å². The molecule has 8 atom stereocenters. The van der Waals surface area contributed by atoms with Crippen molar-refractivity contribution in [1.29, 1.82) is 0 Å². The monoisotopic (exact) mass is 853 g/mol. The first-order valence-corrected chi connectivity index (χ1v) is 20.5. The maximum atomic E-state index is 13.1. The SMILES string of the molecule is CC[C@H](C)[C@H](NC(=O)[C@H](C)NC(=O)[C@@H](NC(=O)OC(C)(C)C)C(C)C)C(=O)OCC#CCOC(=O)[C@@H](NC(=O)[C@H](C)NC(=O)[C@@H](NC(=O)OC(C)(C)C)C(C)C)[C@@H](C)CC. The predicted molar refractivity (Wildman–Crippen MR) is 224 cm³/mol. The lowest BCUT2D eigenvalue weighted by molar-refractivity contribution is -0.149. The Morgan fingerprint density at radius 2 is 0.750 bits per heavy atom. The number of ether oxygens (including phenoxy) is 4. The average molecular weight is 853 g/mol. The number of alkyl carbamates (subject to hydrolysis) is 2. The van der Waals surface area contributed by atoms with Crippen molar-refractivity contribution in [3.05, 3.63) is 0 Å². The van der Waals surface area contributed by atoms with Gasteiger partial charge in [0.25, 0.3) is 0 Å². The Kier molecular flexibility index (Phi) is 23.4. The lowest BCUT2D eigenvalue weighted by atomic mass is 9.98. The Balaban J connectivity index is 5.38. The molecule has 0 saturated carbocycles. The molecule has 0 heterocycles. The lowest BCUT2D eigenvalue weighted by Gasteiger charge is -2.27. The van der Waals surface area contributed by atoms with Crippen LogP contribution in [-0.2, 0) is 47.7 Å². The van der Waals surface area contributed by atoms with Crippen LogP contribution in [0.15, 0.2) is 0 Å². The molecule has 342 valence electrons. The molecule has 0 bridgehead atoms. The van der Waals surface area contributed by atoms with Crippen LogP contribution in [0.1, 0.15) is 124 Å². The van der Waals surface area contributed by atoms with Crippen molar-refractivity contribution < 1.29 is 57.3 Å². The molecule has 60 heavy (non-hydrogen) atoms. The molecule has 0 aliphatic rings. The highest BCUT2D eigenvalue weighted by atomic mass is 16.6. The van der Waals surface area contributed by atoms with E-state index in [-0.39, 0.29) is 36.9 Å². The van der Waals surface area contributed by atoms with E-state index in [1.807, 2.05) is 13.8 Å². The maximum Gasteiger partial charge on any atom is 0.408 e. The van der Waals surface area contributed by atoms with Gasteiger partial charge in [-0.15, -0.1) is 0 Å². The van der Waals surface area contributed by atoms with Gasteiger partial charge in [0.2, 0.25) is 23.6 Å². The highest BCUT2D eigenvalue weighted by Gasteiger charge is 2.34. The summed E-state index contributed by atoms with van der Waals surface area (Å²) in [6.45, 7) is 26.3. The van der Waals surface area contributed by atoms with E-state index in [1.165, 1.54) is 13.8 Å². The molecular formula is C42H72N6O12.